The molecule has 1 aliphatic rings. The third-order valence-electron chi connectivity index (χ3n) is 3.28. The molecule has 0 spiro atoms. The Morgan fingerprint density at radius 3 is 2.52 bits per heavy atom. The van der Waals surface area contributed by atoms with Gasteiger partial charge in [-0.25, -0.2) is 9.59 Å². The summed E-state index contributed by atoms with van der Waals surface area (Å²) in [6, 6.07) is 4.46. The predicted molar refractivity (Wildman–Crippen MR) is 87.5 cm³/mol. The second-order valence-corrected chi connectivity index (χ2v) is 6.83. The molecule has 1 aromatic carbocycles. The largest absolute Gasteiger partial charge is 0.492 e. The van der Waals surface area contributed by atoms with E-state index in [0.717, 1.165) is 17.5 Å². The number of thioether (sulfide) groups is 1. The van der Waals surface area contributed by atoms with Crippen LogP contribution in [-0.4, -0.2) is 28.8 Å². The van der Waals surface area contributed by atoms with E-state index in [0.29, 0.717) is 12.2 Å². The van der Waals surface area contributed by atoms with Crippen LogP contribution in [0.4, 0.5) is 0 Å². The molecule has 3 N–H and O–H groups in total. The van der Waals surface area contributed by atoms with Gasteiger partial charge in [0.1, 0.15) is 11.3 Å². The number of aromatic carboxylic acids is 1. The minimum absolute atomic E-state index is 0.0456. The van der Waals surface area contributed by atoms with Gasteiger partial charge in [0.15, 0.2) is 0 Å². The summed E-state index contributed by atoms with van der Waals surface area (Å²) in [5.74, 6) is -1.75. The molecule has 23 heavy (non-hydrogen) atoms. The first-order chi connectivity index (χ1) is 10.8. The lowest BCUT2D eigenvalue weighted by Crippen LogP contribution is -2.42. The first-order valence-corrected chi connectivity index (χ1v) is 8.01. The summed E-state index contributed by atoms with van der Waals surface area (Å²) < 4.78 is 5.52. The number of allylic oxidation sites excluding steroid dienone is 1. The lowest BCUT2D eigenvalue weighted by Gasteiger charge is -2.26. The van der Waals surface area contributed by atoms with Crippen molar-refractivity contribution in [1.29, 1.82) is 0 Å². The highest BCUT2D eigenvalue weighted by atomic mass is 32.2. The van der Waals surface area contributed by atoms with Gasteiger partial charge >= 0.3 is 11.9 Å². The van der Waals surface area contributed by atoms with E-state index in [2.05, 4.69) is 5.32 Å². The van der Waals surface area contributed by atoms with E-state index in [1.807, 2.05) is 13.8 Å². The number of hydrogen-bond acceptors (Lipinski definition) is 5. The molecule has 1 aromatic rings. The molecule has 0 amide bonds. The van der Waals surface area contributed by atoms with Gasteiger partial charge in [-0.05, 0) is 30.4 Å². The standard InChI is InChI=1S/C16H19NO5S/c1-9(2)7-22-13-5-4-11(6-12(13)14(18)19)16(15(20)21)17-10(3)8-23-16/h4-6,8-9,17H,7H2,1-3H3,(H,18,19)(H,20,21). The minimum atomic E-state index is -1.41. The highest BCUT2D eigenvalue weighted by Crippen LogP contribution is 2.42. The molecule has 6 nitrogen and oxygen atoms in total. The Labute approximate surface area is 138 Å². The molecule has 124 valence electrons. The molecule has 0 aliphatic carbocycles. The van der Waals surface area contributed by atoms with Crippen molar-refractivity contribution < 1.29 is 24.5 Å². The minimum Gasteiger partial charge on any atom is -0.492 e. The molecule has 0 radical (unpaired) electrons. The molecule has 1 atom stereocenters. The normalized spacial score (nSPS) is 20.1. The van der Waals surface area contributed by atoms with Gasteiger partial charge in [0, 0.05) is 11.3 Å². The summed E-state index contributed by atoms with van der Waals surface area (Å²) in [4.78, 5) is 21.8. The van der Waals surface area contributed by atoms with Crippen molar-refractivity contribution in [3.05, 3.63) is 40.4 Å². The maximum Gasteiger partial charge on any atom is 0.345 e. The van der Waals surface area contributed by atoms with Crippen LogP contribution >= 0.6 is 11.8 Å². The summed E-state index contributed by atoms with van der Waals surface area (Å²) in [6.07, 6.45) is 0. The number of nitrogens with one attached hydrogen (secondary N) is 1. The average Bonchev–Trinajstić information content (AvgIpc) is 2.88. The Balaban J connectivity index is 2.42. The molecule has 0 fully saturated rings. The Morgan fingerprint density at radius 1 is 1.35 bits per heavy atom. The zero-order valence-corrected chi connectivity index (χ0v) is 13.9. The van der Waals surface area contributed by atoms with Crippen LogP contribution in [0.5, 0.6) is 5.75 Å². The van der Waals surface area contributed by atoms with E-state index in [9.17, 15) is 19.8 Å². The second kappa shape index (κ2) is 6.54. The summed E-state index contributed by atoms with van der Waals surface area (Å²) >= 11 is 1.10. The van der Waals surface area contributed by atoms with Crippen LogP contribution < -0.4 is 10.1 Å². The first kappa shape index (κ1) is 17.2. The summed E-state index contributed by atoms with van der Waals surface area (Å²) in [6.45, 7) is 6.07. The van der Waals surface area contributed by atoms with Gasteiger partial charge in [0.05, 0.1) is 6.61 Å². The number of benzene rings is 1. The maximum absolute atomic E-state index is 11.8. The smallest absolute Gasteiger partial charge is 0.345 e. The fourth-order valence-electron chi connectivity index (χ4n) is 2.18. The number of rotatable bonds is 6. The third-order valence-corrected chi connectivity index (χ3v) is 4.61. The molecule has 0 aromatic heterocycles. The molecule has 7 heteroatoms. The van der Waals surface area contributed by atoms with Crippen molar-refractivity contribution in [2.75, 3.05) is 6.61 Å². The lowest BCUT2D eigenvalue weighted by atomic mass is 10.0. The number of aliphatic carboxylic acids is 1. The van der Waals surface area contributed by atoms with Gasteiger partial charge in [-0.2, -0.15) is 0 Å². The monoisotopic (exact) mass is 337 g/mol. The zero-order valence-electron chi connectivity index (χ0n) is 13.1. The lowest BCUT2D eigenvalue weighted by molar-refractivity contribution is -0.140. The van der Waals surface area contributed by atoms with Crippen LogP contribution in [0.2, 0.25) is 0 Å². The van der Waals surface area contributed by atoms with Gasteiger partial charge in [0.2, 0.25) is 4.87 Å². The molecular formula is C16H19NO5S. The Morgan fingerprint density at radius 2 is 2.04 bits per heavy atom. The number of carboxylic acid groups (broad SMARTS) is 2. The molecule has 1 heterocycles. The van der Waals surface area contributed by atoms with Gasteiger partial charge < -0.3 is 20.3 Å². The Hall–Kier alpha value is -2.15. The highest BCUT2D eigenvalue weighted by Gasteiger charge is 2.44. The van der Waals surface area contributed by atoms with Gasteiger partial charge in [-0.15, -0.1) is 0 Å². The van der Waals surface area contributed by atoms with E-state index in [4.69, 9.17) is 4.74 Å². The molecule has 0 saturated carbocycles. The number of carboxylic acids is 2. The van der Waals surface area contributed by atoms with Crippen molar-refractivity contribution in [3.8, 4) is 5.75 Å². The van der Waals surface area contributed by atoms with E-state index in [-0.39, 0.29) is 17.2 Å². The van der Waals surface area contributed by atoms with Crippen molar-refractivity contribution in [2.45, 2.75) is 25.6 Å². The van der Waals surface area contributed by atoms with Crippen molar-refractivity contribution in [1.82, 2.24) is 5.32 Å². The Kier molecular flexibility index (Phi) is 4.89. The zero-order chi connectivity index (χ0) is 17.2. The SMILES string of the molecule is CC1=CSC(C(=O)O)(c2ccc(OCC(C)C)c(C(=O)O)c2)N1. The first-order valence-electron chi connectivity index (χ1n) is 7.13. The van der Waals surface area contributed by atoms with E-state index >= 15 is 0 Å². The summed E-state index contributed by atoms with van der Waals surface area (Å²) in [5.41, 5.74) is 1.03. The highest BCUT2D eigenvalue weighted by molar-refractivity contribution is 8.03. The fourth-order valence-corrected chi connectivity index (χ4v) is 3.18. The second-order valence-electron chi connectivity index (χ2n) is 5.75. The van der Waals surface area contributed by atoms with Crippen molar-refractivity contribution in [3.63, 3.8) is 0 Å². The van der Waals surface area contributed by atoms with Crippen molar-refractivity contribution >= 4 is 23.7 Å². The van der Waals surface area contributed by atoms with Crippen molar-refractivity contribution in [2.24, 2.45) is 5.92 Å². The Bertz CT molecular complexity index is 670. The van der Waals surface area contributed by atoms with E-state index in [1.165, 1.54) is 12.1 Å². The van der Waals surface area contributed by atoms with Crippen LogP contribution in [0.1, 0.15) is 36.7 Å². The van der Waals surface area contributed by atoms with Crippen LogP contribution in [0, 0.1) is 5.92 Å². The number of hydrogen-bond donors (Lipinski definition) is 3. The van der Waals surface area contributed by atoms with E-state index < -0.39 is 16.8 Å². The summed E-state index contributed by atoms with van der Waals surface area (Å²) in [5, 5.41) is 23.6. The summed E-state index contributed by atoms with van der Waals surface area (Å²) in [7, 11) is 0. The molecule has 1 unspecified atom stereocenters. The quantitative estimate of drug-likeness (QED) is 0.734. The van der Waals surface area contributed by atoms with Crippen LogP contribution in [0.25, 0.3) is 0 Å². The average molecular weight is 337 g/mol. The molecule has 2 rings (SSSR count). The van der Waals surface area contributed by atoms with Crippen LogP contribution in [0.3, 0.4) is 0 Å². The van der Waals surface area contributed by atoms with E-state index in [1.54, 1.807) is 18.4 Å². The topological polar surface area (TPSA) is 95.9 Å². The third kappa shape index (κ3) is 3.44. The van der Waals surface area contributed by atoms with Gasteiger partial charge in [-0.3, -0.25) is 0 Å². The van der Waals surface area contributed by atoms with Crippen LogP contribution in [-0.2, 0) is 9.67 Å². The number of ether oxygens (including phenoxy) is 1. The molecule has 0 bridgehead atoms. The molecule has 1 aliphatic heterocycles. The molecular weight excluding hydrogens is 318 g/mol. The van der Waals surface area contributed by atoms with Gasteiger partial charge in [-0.1, -0.05) is 31.7 Å². The van der Waals surface area contributed by atoms with Gasteiger partial charge in [0.25, 0.3) is 0 Å². The predicted octanol–water partition coefficient (Wildman–Crippen LogP) is 2.85. The van der Waals surface area contributed by atoms with Crippen LogP contribution in [0.15, 0.2) is 29.3 Å². The maximum atomic E-state index is 11.8. The fraction of sp³-hybridized carbons (Fsp3) is 0.375. The number of carbonyl (C=O) groups is 2. The molecule has 0 saturated heterocycles.